The lowest BCUT2D eigenvalue weighted by Crippen LogP contribution is -2.43. The number of halogens is 2. The molecule has 1 aliphatic carbocycles. The van der Waals surface area contributed by atoms with E-state index in [1.807, 2.05) is 13.8 Å². The lowest BCUT2D eigenvalue weighted by molar-refractivity contribution is -0.384. The number of allylic oxidation sites excluding steroid dienone is 2. The second-order valence-electron chi connectivity index (χ2n) is 8.74. The molecule has 1 heterocycles. The third-order valence-electron chi connectivity index (χ3n) is 5.79. The second-order valence-corrected chi connectivity index (χ2v) is 9.55. The topological polar surface area (TPSA) is 80.5 Å². The van der Waals surface area contributed by atoms with Gasteiger partial charge in [-0.1, -0.05) is 49.2 Å². The van der Waals surface area contributed by atoms with E-state index in [2.05, 4.69) is 0 Å². The first-order valence-electron chi connectivity index (χ1n) is 9.86. The van der Waals surface area contributed by atoms with Crippen LogP contribution in [0.4, 0.5) is 11.4 Å². The lowest BCUT2D eigenvalue weighted by Gasteiger charge is -2.43. The van der Waals surface area contributed by atoms with E-state index >= 15 is 0 Å². The van der Waals surface area contributed by atoms with Crippen LogP contribution in [-0.4, -0.2) is 16.6 Å². The summed E-state index contributed by atoms with van der Waals surface area (Å²) in [5.74, 6) is -0.760. The van der Waals surface area contributed by atoms with Gasteiger partial charge in [-0.25, -0.2) is 0 Å². The van der Waals surface area contributed by atoms with Gasteiger partial charge in [-0.3, -0.25) is 24.6 Å². The average Bonchev–Trinajstić information content (AvgIpc) is 2.68. The maximum atomic E-state index is 13.3. The molecule has 0 saturated heterocycles. The fraction of sp³-hybridized carbons (Fsp3) is 0.304. The van der Waals surface area contributed by atoms with Crippen LogP contribution in [0.3, 0.4) is 0 Å². The van der Waals surface area contributed by atoms with Crippen molar-refractivity contribution in [1.29, 1.82) is 0 Å². The number of benzene rings is 2. The maximum Gasteiger partial charge on any atom is 0.269 e. The summed E-state index contributed by atoms with van der Waals surface area (Å²) in [6, 6.07) is 11.1. The Morgan fingerprint density at radius 1 is 1.06 bits per heavy atom. The van der Waals surface area contributed by atoms with Gasteiger partial charge in [-0.2, -0.15) is 0 Å². The van der Waals surface area contributed by atoms with Crippen molar-refractivity contribution in [2.24, 2.45) is 5.41 Å². The van der Waals surface area contributed by atoms with Gasteiger partial charge in [0.1, 0.15) is 0 Å². The Hall–Kier alpha value is -2.70. The van der Waals surface area contributed by atoms with E-state index in [4.69, 9.17) is 23.2 Å². The van der Waals surface area contributed by atoms with E-state index in [-0.39, 0.29) is 29.2 Å². The zero-order valence-corrected chi connectivity index (χ0v) is 18.5. The molecule has 1 amide bonds. The Kier molecular flexibility index (Phi) is 5.40. The highest BCUT2D eigenvalue weighted by Gasteiger charge is 2.44. The van der Waals surface area contributed by atoms with Crippen LogP contribution in [0.25, 0.3) is 0 Å². The second kappa shape index (κ2) is 7.77. The van der Waals surface area contributed by atoms with Gasteiger partial charge in [0, 0.05) is 42.2 Å². The van der Waals surface area contributed by atoms with Gasteiger partial charge >= 0.3 is 0 Å². The molecule has 1 atom stereocenters. The molecule has 0 aromatic heterocycles. The van der Waals surface area contributed by atoms with E-state index in [9.17, 15) is 19.7 Å². The van der Waals surface area contributed by atoms with Crippen LogP contribution in [0.5, 0.6) is 0 Å². The van der Waals surface area contributed by atoms with Gasteiger partial charge in [0.05, 0.1) is 20.7 Å². The summed E-state index contributed by atoms with van der Waals surface area (Å²) >= 11 is 12.2. The highest BCUT2D eigenvalue weighted by Crippen LogP contribution is 2.48. The molecule has 31 heavy (non-hydrogen) atoms. The van der Waals surface area contributed by atoms with Crippen LogP contribution in [-0.2, 0) is 9.59 Å². The third kappa shape index (κ3) is 3.98. The Balaban J connectivity index is 1.90. The minimum atomic E-state index is -0.523. The summed E-state index contributed by atoms with van der Waals surface area (Å²) in [7, 11) is 0. The van der Waals surface area contributed by atoms with Crippen molar-refractivity contribution in [3.8, 4) is 0 Å². The van der Waals surface area contributed by atoms with Crippen LogP contribution in [0.1, 0.15) is 44.6 Å². The van der Waals surface area contributed by atoms with E-state index in [0.29, 0.717) is 45.4 Å². The van der Waals surface area contributed by atoms with Gasteiger partial charge < -0.3 is 0 Å². The first-order valence-corrected chi connectivity index (χ1v) is 10.6. The van der Waals surface area contributed by atoms with Crippen molar-refractivity contribution in [3.05, 3.63) is 79.5 Å². The molecular weight excluding hydrogens is 439 g/mol. The molecule has 1 aliphatic heterocycles. The molecule has 0 bridgehead atoms. The Bertz CT molecular complexity index is 1160. The Morgan fingerprint density at radius 3 is 2.48 bits per heavy atom. The van der Waals surface area contributed by atoms with Crippen molar-refractivity contribution in [1.82, 2.24) is 0 Å². The molecule has 1 unspecified atom stereocenters. The number of nitro benzene ring substituents is 1. The predicted molar refractivity (Wildman–Crippen MR) is 119 cm³/mol. The van der Waals surface area contributed by atoms with Crippen molar-refractivity contribution in [2.45, 2.75) is 39.0 Å². The first kappa shape index (κ1) is 21.5. The normalized spacial score (nSPS) is 20.6. The fourth-order valence-corrected chi connectivity index (χ4v) is 4.77. The molecular formula is C23H20Cl2N2O4. The summed E-state index contributed by atoms with van der Waals surface area (Å²) in [4.78, 5) is 39.0. The van der Waals surface area contributed by atoms with Crippen molar-refractivity contribution >= 4 is 46.3 Å². The molecule has 0 fully saturated rings. The molecule has 6 nitrogen and oxygen atoms in total. The monoisotopic (exact) mass is 458 g/mol. The minimum Gasteiger partial charge on any atom is -0.294 e. The van der Waals surface area contributed by atoms with Crippen LogP contribution in [0.15, 0.2) is 53.7 Å². The number of ketones is 1. The fourth-order valence-electron chi connectivity index (χ4n) is 4.48. The van der Waals surface area contributed by atoms with Gasteiger partial charge in [0.2, 0.25) is 5.91 Å². The number of rotatable bonds is 3. The van der Waals surface area contributed by atoms with Crippen LogP contribution < -0.4 is 4.90 Å². The quantitative estimate of drug-likeness (QED) is 0.413. The number of amides is 1. The summed E-state index contributed by atoms with van der Waals surface area (Å²) < 4.78 is 0. The number of hydrogen-bond donors (Lipinski definition) is 0. The summed E-state index contributed by atoms with van der Waals surface area (Å²) in [6.45, 7) is 3.98. The average molecular weight is 459 g/mol. The molecule has 0 saturated carbocycles. The highest BCUT2D eigenvalue weighted by molar-refractivity contribution is 6.42. The molecule has 0 radical (unpaired) electrons. The van der Waals surface area contributed by atoms with E-state index < -0.39 is 10.8 Å². The zero-order chi connectivity index (χ0) is 22.5. The SMILES string of the molecule is CC1(C)CC(=O)C2=C(C1)N(c1ccc(Cl)c(Cl)c1)C(=O)CC2c1cccc([N+](=O)[O-])c1. The molecule has 2 aliphatic rings. The molecule has 0 spiro atoms. The number of non-ortho nitro benzene ring substituents is 1. The Labute approximate surface area is 189 Å². The highest BCUT2D eigenvalue weighted by atomic mass is 35.5. The summed E-state index contributed by atoms with van der Waals surface area (Å²) in [6.07, 6.45) is 0.901. The number of anilines is 1. The van der Waals surface area contributed by atoms with E-state index in [1.165, 1.54) is 12.1 Å². The maximum absolute atomic E-state index is 13.3. The lowest BCUT2D eigenvalue weighted by atomic mass is 9.69. The molecule has 0 N–H and O–H groups in total. The van der Waals surface area contributed by atoms with Gasteiger partial charge in [-0.15, -0.1) is 0 Å². The Morgan fingerprint density at radius 2 is 1.81 bits per heavy atom. The van der Waals surface area contributed by atoms with Crippen LogP contribution >= 0.6 is 23.2 Å². The van der Waals surface area contributed by atoms with Gasteiger partial charge in [0.15, 0.2) is 5.78 Å². The predicted octanol–water partition coefficient (Wildman–Crippen LogP) is 6.07. The number of Topliss-reactive ketones (excluding diaryl/α,β-unsaturated/α-hetero) is 1. The smallest absolute Gasteiger partial charge is 0.269 e. The number of carbonyl (C=O) groups is 2. The third-order valence-corrected chi connectivity index (χ3v) is 6.53. The first-order chi connectivity index (χ1) is 14.6. The van der Waals surface area contributed by atoms with Crippen molar-refractivity contribution < 1.29 is 14.5 Å². The molecule has 2 aromatic carbocycles. The summed E-state index contributed by atoms with van der Waals surface area (Å²) in [5, 5.41) is 11.9. The zero-order valence-electron chi connectivity index (χ0n) is 17.0. The van der Waals surface area contributed by atoms with E-state index in [0.717, 1.165) is 0 Å². The van der Waals surface area contributed by atoms with Crippen LogP contribution in [0, 0.1) is 15.5 Å². The number of carbonyl (C=O) groups excluding carboxylic acids is 2. The van der Waals surface area contributed by atoms with Crippen molar-refractivity contribution in [2.75, 3.05) is 4.90 Å². The van der Waals surface area contributed by atoms with Gasteiger partial charge in [0.25, 0.3) is 5.69 Å². The van der Waals surface area contributed by atoms with Crippen LogP contribution in [0.2, 0.25) is 10.0 Å². The molecule has 4 rings (SSSR count). The number of hydrogen-bond acceptors (Lipinski definition) is 4. The largest absolute Gasteiger partial charge is 0.294 e. The van der Waals surface area contributed by atoms with Crippen molar-refractivity contribution in [3.63, 3.8) is 0 Å². The minimum absolute atomic E-state index is 0.0341. The molecule has 160 valence electrons. The number of nitro groups is 1. The summed E-state index contributed by atoms with van der Waals surface area (Å²) in [5.41, 5.74) is 1.93. The molecule has 8 heteroatoms. The van der Waals surface area contributed by atoms with Gasteiger partial charge in [-0.05, 0) is 35.6 Å². The standard InChI is InChI=1S/C23H20Cl2N2O4/c1-23(2)11-19-22(20(28)12-23)16(13-4-3-5-15(8-13)27(30)31)10-21(29)26(19)14-6-7-17(24)18(25)9-14/h3-9,16H,10-12H2,1-2H3. The molecule has 2 aromatic rings. The number of nitrogens with zero attached hydrogens (tertiary/aromatic N) is 2. The van der Waals surface area contributed by atoms with E-state index in [1.54, 1.807) is 35.2 Å².